The molecule has 0 aliphatic heterocycles. The maximum absolute atomic E-state index is 5.96. The summed E-state index contributed by atoms with van der Waals surface area (Å²) >= 11 is 0. The summed E-state index contributed by atoms with van der Waals surface area (Å²) in [5.41, 5.74) is 5.96. The Balaban J connectivity index is 1.82. The first kappa shape index (κ1) is 19.4. The van der Waals surface area contributed by atoms with Gasteiger partial charge in [-0.05, 0) is 80.5 Å². The van der Waals surface area contributed by atoms with Gasteiger partial charge < -0.3 is 5.73 Å². The van der Waals surface area contributed by atoms with Crippen molar-refractivity contribution in [1.82, 2.24) is 0 Å². The molecule has 1 aliphatic rings. The second-order valence-corrected chi connectivity index (χ2v) is 11.7. The summed E-state index contributed by atoms with van der Waals surface area (Å²) in [5.74, 6) is 1.51. The molecule has 0 bridgehead atoms. The Morgan fingerprint density at radius 2 is 0.929 bits per heavy atom. The van der Waals surface area contributed by atoms with Crippen LogP contribution in [0.4, 0.5) is 0 Å². The van der Waals surface area contributed by atoms with E-state index in [9.17, 15) is 0 Å². The molecule has 0 saturated heterocycles. The Morgan fingerprint density at radius 1 is 0.571 bits per heavy atom. The standard InChI is InChI=1S/C26H31NP/c27-20-22-16-18-23(19-17-22)21-28(24-10-4-1-5-11-24,25-12-6-2-7-13-25)26-14-8-3-9-15-26/h1-15,22-23H,16-21,27H2/q+1. The lowest BCUT2D eigenvalue weighted by atomic mass is 9.83. The number of benzene rings is 3. The van der Waals surface area contributed by atoms with Gasteiger partial charge in [0.1, 0.15) is 23.2 Å². The van der Waals surface area contributed by atoms with Crippen LogP contribution in [-0.4, -0.2) is 12.7 Å². The van der Waals surface area contributed by atoms with Crippen molar-refractivity contribution in [3.05, 3.63) is 91.0 Å². The molecule has 3 aromatic rings. The zero-order chi connectivity index (χ0) is 19.2. The topological polar surface area (TPSA) is 26.0 Å². The van der Waals surface area contributed by atoms with Gasteiger partial charge in [0, 0.05) is 0 Å². The summed E-state index contributed by atoms with van der Waals surface area (Å²) in [6.07, 6.45) is 6.48. The second kappa shape index (κ2) is 9.03. The van der Waals surface area contributed by atoms with Crippen molar-refractivity contribution < 1.29 is 0 Å². The maximum Gasteiger partial charge on any atom is 0.112 e. The van der Waals surface area contributed by atoms with Crippen LogP contribution in [0.15, 0.2) is 91.0 Å². The van der Waals surface area contributed by atoms with E-state index in [1.165, 1.54) is 47.8 Å². The summed E-state index contributed by atoms with van der Waals surface area (Å²) < 4.78 is 0. The first-order chi connectivity index (χ1) is 13.8. The molecule has 0 amide bonds. The average Bonchev–Trinajstić information content (AvgIpc) is 2.80. The highest BCUT2D eigenvalue weighted by Gasteiger charge is 2.47. The van der Waals surface area contributed by atoms with Gasteiger partial charge in [0.25, 0.3) is 0 Å². The molecule has 0 unspecified atom stereocenters. The Kier molecular flexibility index (Phi) is 6.25. The highest BCUT2D eigenvalue weighted by Crippen LogP contribution is 2.58. The van der Waals surface area contributed by atoms with E-state index < -0.39 is 7.26 Å². The fraction of sp³-hybridized carbons (Fsp3) is 0.308. The van der Waals surface area contributed by atoms with E-state index in [2.05, 4.69) is 91.0 Å². The van der Waals surface area contributed by atoms with Crippen LogP contribution in [0.1, 0.15) is 25.7 Å². The molecule has 0 spiro atoms. The van der Waals surface area contributed by atoms with E-state index >= 15 is 0 Å². The first-order valence-electron chi connectivity index (χ1n) is 10.6. The summed E-state index contributed by atoms with van der Waals surface area (Å²) in [6.45, 7) is 0.850. The molecule has 1 aliphatic carbocycles. The molecular weight excluding hydrogens is 357 g/mol. The lowest BCUT2D eigenvalue weighted by Gasteiger charge is -2.34. The molecule has 1 nitrogen and oxygen atoms in total. The van der Waals surface area contributed by atoms with Crippen molar-refractivity contribution >= 4 is 23.2 Å². The third-order valence-corrected chi connectivity index (χ3v) is 11.0. The van der Waals surface area contributed by atoms with Gasteiger partial charge in [0.05, 0.1) is 6.16 Å². The number of rotatable bonds is 6. The van der Waals surface area contributed by atoms with Gasteiger partial charge in [-0.2, -0.15) is 0 Å². The van der Waals surface area contributed by atoms with Gasteiger partial charge in [-0.15, -0.1) is 0 Å². The third kappa shape index (κ3) is 3.93. The van der Waals surface area contributed by atoms with Crippen LogP contribution in [0.5, 0.6) is 0 Å². The highest BCUT2D eigenvalue weighted by atomic mass is 31.2. The smallest absolute Gasteiger partial charge is 0.112 e. The van der Waals surface area contributed by atoms with Crippen molar-refractivity contribution in [1.29, 1.82) is 0 Å². The van der Waals surface area contributed by atoms with Crippen molar-refractivity contribution in [2.24, 2.45) is 17.6 Å². The number of hydrogen-bond donors (Lipinski definition) is 1. The Bertz CT molecular complexity index is 743. The van der Waals surface area contributed by atoms with Crippen molar-refractivity contribution in [2.45, 2.75) is 25.7 Å². The van der Waals surface area contributed by atoms with Crippen LogP contribution in [0.25, 0.3) is 0 Å². The molecule has 0 atom stereocenters. The highest BCUT2D eigenvalue weighted by molar-refractivity contribution is 7.95. The molecule has 1 saturated carbocycles. The molecule has 2 N–H and O–H groups in total. The van der Waals surface area contributed by atoms with E-state index in [4.69, 9.17) is 5.73 Å². The minimum absolute atomic E-state index is 0.731. The minimum Gasteiger partial charge on any atom is -0.330 e. The van der Waals surface area contributed by atoms with Gasteiger partial charge >= 0.3 is 0 Å². The number of hydrogen-bond acceptors (Lipinski definition) is 1. The SMILES string of the molecule is NCC1CCC(C[P+](c2ccccc2)(c2ccccc2)c2ccccc2)CC1. The molecule has 144 valence electrons. The molecular formula is C26H31NP+. The monoisotopic (exact) mass is 388 g/mol. The van der Waals surface area contributed by atoms with Crippen molar-refractivity contribution in [2.75, 3.05) is 12.7 Å². The van der Waals surface area contributed by atoms with Crippen LogP contribution < -0.4 is 21.6 Å². The normalized spacial score (nSPS) is 20.0. The van der Waals surface area contributed by atoms with E-state index in [0.717, 1.165) is 18.4 Å². The summed E-state index contributed by atoms with van der Waals surface area (Å²) in [6, 6.07) is 33.8. The number of nitrogens with two attached hydrogens (primary N) is 1. The quantitative estimate of drug-likeness (QED) is 0.606. The summed E-state index contributed by atoms with van der Waals surface area (Å²) in [5, 5.41) is 4.52. The van der Waals surface area contributed by atoms with Crippen LogP contribution in [0.2, 0.25) is 0 Å². The third-order valence-electron chi connectivity index (χ3n) is 6.42. The van der Waals surface area contributed by atoms with Gasteiger partial charge in [0.2, 0.25) is 0 Å². The van der Waals surface area contributed by atoms with Gasteiger partial charge in [-0.3, -0.25) is 0 Å². The second-order valence-electron chi connectivity index (χ2n) is 8.12. The predicted molar refractivity (Wildman–Crippen MR) is 125 cm³/mol. The van der Waals surface area contributed by atoms with Crippen LogP contribution in [0, 0.1) is 11.8 Å². The molecule has 28 heavy (non-hydrogen) atoms. The van der Waals surface area contributed by atoms with E-state index in [-0.39, 0.29) is 0 Å². The minimum atomic E-state index is -1.68. The fourth-order valence-electron chi connectivity index (χ4n) is 4.85. The first-order valence-corrected chi connectivity index (χ1v) is 12.6. The zero-order valence-electron chi connectivity index (χ0n) is 16.6. The zero-order valence-corrected chi connectivity index (χ0v) is 17.5. The van der Waals surface area contributed by atoms with E-state index in [1.54, 1.807) is 0 Å². The van der Waals surface area contributed by atoms with E-state index in [0.29, 0.717) is 0 Å². The lowest BCUT2D eigenvalue weighted by Crippen LogP contribution is -2.36. The van der Waals surface area contributed by atoms with Gasteiger partial charge in [-0.25, -0.2) is 0 Å². The van der Waals surface area contributed by atoms with Crippen LogP contribution >= 0.6 is 7.26 Å². The molecule has 0 aromatic heterocycles. The largest absolute Gasteiger partial charge is 0.330 e. The maximum atomic E-state index is 5.96. The molecule has 0 radical (unpaired) electrons. The lowest BCUT2D eigenvalue weighted by molar-refractivity contribution is 0.298. The average molecular weight is 389 g/mol. The predicted octanol–water partition coefficient (Wildman–Crippen LogP) is 4.75. The molecule has 2 heteroatoms. The van der Waals surface area contributed by atoms with Crippen molar-refractivity contribution in [3.63, 3.8) is 0 Å². The summed E-state index contributed by atoms with van der Waals surface area (Å²) in [4.78, 5) is 0. The Hall–Kier alpha value is -1.95. The molecule has 0 heterocycles. The summed E-state index contributed by atoms with van der Waals surface area (Å²) in [7, 11) is -1.68. The Labute approximate surface area is 170 Å². The molecule has 1 fully saturated rings. The van der Waals surface area contributed by atoms with Gasteiger partial charge in [-0.1, -0.05) is 54.6 Å². The van der Waals surface area contributed by atoms with Crippen LogP contribution in [-0.2, 0) is 0 Å². The van der Waals surface area contributed by atoms with Gasteiger partial charge in [0.15, 0.2) is 0 Å². The Morgan fingerprint density at radius 3 is 1.29 bits per heavy atom. The molecule has 3 aromatic carbocycles. The van der Waals surface area contributed by atoms with Crippen molar-refractivity contribution in [3.8, 4) is 0 Å². The fourth-order valence-corrected chi connectivity index (χ4v) is 9.56. The van der Waals surface area contributed by atoms with Crippen LogP contribution in [0.3, 0.4) is 0 Å². The molecule has 4 rings (SSSR count). The van der Waals surface area contributed by atoms with E-state index in [1.807, 2.05) is 0 Å².